The van der Waals surface area contributed by atoms with E-state index in [1.807, 2.05) is 0 Å². The summed E-state index contributed by atoms with van der Waals surface area (Å²) >= 11 is 0. The summed E-state index contributed by atoms with van der Waals surface area (Å²) in [5.41, 5.74) is 1.19. The van der Waals surface area contributed by atoms with Gasteiger partial charge in [0.05, 0.1) is 31.6 Å². The van der Waals surface area contributed by atoms with Crippen LogP contribution in [0.4, 0.5) is 5.69 Å². The predicted octanol–water partition coefficient (Wildman–Crippen LogP) is 3.03. The average Bonchev–Trinajstić information content (AvgIpc) is 3.17. The Kier molecular flexibility index (Phi) is 4.75. The number of anilines is 1. The van der Waals surface area contributed by atoms with Gasteiger partial charge in [-0.2, -0.15) is 0 Å². The van der Waals surface area contributed by atoms with Gasteiger partial charge in [-0.3, -0.25) is 4.79 Å². The smallest absolute Gasteiger partial charge is 0.340 e. The van der Waals surface area contributed by atoms with Crippen LogP contribution in [0.25, 0.3) is 11.0 Å². The number of carbonyl (C=O) groups excluding carboxylic acids is 1. The van der Waals surface area contributed by atoms with E-state index in [4.69, 9.17) is 23.4 Å². The number of rotatable bonds is 5. The molecule has 150 valence electrons. The molecule has 2 aromatic carbocycles. The van der Waals surface area contributed by atoms with E-state index in [-0.39, 0.29) is 24.7 Å². The summed E-state index contributed by atoms with van der Waals surface area (Å²) in [6.45, 7) is 1.91. The van der Waals surface area contributed by atoms with Gasteiger partial charge in [-0.1, -0.05) is 0 Å². The second-order valence-corrected chi connectivity index (χ2v) is 6.49. The lowest BCUT2D eigenvalue weighted by molar-refractivity contribution is -0.115. The molecule has 3 aromatic rings. The van der Waals surface area contributed by atoms with Crippen molar-refractivity contribution in [3.63, 3.8) is 0 Å². The first kappa shape index (κ1) is 18.7. The van der Waals surface area contributed by atoms with Gasteiger partial charge in [0.1, 0.15) is 17.1 Å². The van der Waals surface area contributed by atoms with Gasteiger partial charge in [0.2, 0.25) is 12.7 Å². The van der Waals surface area contributed by atoms with Crippen LogP contribution in [-0.4, -0.2) is 26.9 Å². The number of benzene rings is 2. The van der Waals surface area contributed by atoms with Crippen LogP contribution in [0.5, 0.6) is 23.0 Å². The summed E-state index contributed by atoms with van der Waals surface area (Å²) in [5, 5.41) is 3.39. The van der Waals surface area contributed by atoms with Gasteiger partial charge in [0, 0.05) is 23.9 Å². The Hall–Kier alpha value is -3.68. The topological polar surface area (TPSA) is 96.2 Å². The molecule has 8 heteroatoms. The highest BCUT2D eigenvalue weighted by Crippen LogP contribution is 2.35. The van der Waals surface area contributed by atoms with Crippen LogP contribution in [0.3, 0.4) is 0 Å². The third kappa shape index (κ3) is 3.44. The van der Waals surface area contributed by atoms with E-state index in [0.29, 0.717) is 45.2 Å². The van der Waals surface area contributed by atoms with Gasteiger partial charge >= 0.3 is 5.63 Å². The molecule has 0 fully saturated rings. The molecule has 1 aliphatic rings. The van der Waals surface area contributed by atoms with Gasteiger partial charge in [0.15, 0.2) is 11.5 Å². The van der Waals surface area contributed by atoms with Crippen molar-refractivity contribution in [2.75, 3.05) is 26.3 Å². The Morgan fingerprint density at radius 1 is 1.10 bits per heavy atom. The van der Waals surface area contributed by atoms with Crippen LogP contribution < -0.4 is 29.9 Å². The first-order chi connectivity index (χ1) is 14.0. The number of ether oxygens (including phenoxy) is 4. The number of aryl methyl sites for hydroxylation is 1. The minimum atomic E-state index is -0.578. The van der Waals surface area contributed by atoms with Crippen molar-refractivity contribution in [3.8, 4) is 23.0 Å². The van der Waals surface area contributed by atoms with Crippen LogP contribution in [0.2, 0.25) is 0 Å². The normalized spacial score (nSPS) is 12.1. The number of amides is 1. The first-order valence-corrected chi connectivity index (χ1v) is 8.88. The highest BCUT2D eigenvalue weighted by atomic mass is 16.7. The van der Waals surface area contributed by atoms with Gasteiger partial charge < -0.3 is 28.7 Å². The predicted molar refractivity (Wildman–Crippen MR) is 105 cm³/mol. The summed E-state index contributed by atoms with van der Waals surface area (Å²) in [4.78, 5) is 25.1. The molecule has 0 spiro atoms. The minimum Gasteiger partial charge on any atom is -0.496 e. The first-order valence-electron chi connectivity index (χ1n) is 8.88. The quantitative estimate of drug-likeness (QED) is 0.661. The van der Waals surface area contributed by atoms with Gasteiger partial charge in [-0.15, -0.1) is 0 Å². The second-order valence-electron chi connectivity index (χ2n) is 6.49. The molecule has 1 N–H and O–H groups in total. The molecule has 0 radical (unpaired) electrons. The monoisotopic (exact) mass is 397 g/mol. The highest BCUT2D eigenvalue weighted by molar-refractivity contribution is 5.95. The van der Waals surface area contributed by atoms with Crippen molar-refractivity contribution < 1.29 is 28.2 Å². The van der Waals surface area contributed by atoms with Crippen molar-refractivity contribution in [1.29, 1.82) is 0 Å². The fourth-order valence-corrected chi connectivity index (χ4v) is 3.31. The number of hydrogen-bond acceptors (Lipinski definition) is 7. The zero-order valence-corrected chi connectivity index (χ0v) is 16.2. The molecular formula is C21H19NO7. The number of nitrogens with one attached hydrogen (secondary N) is 1. The third-order valence-corrected chi connectivity index (χ3v) is 4.77. The van der Waals surface area contributed by atoms with Gasteiger partial charge in [-0.05, 0) is 24.6 Å². The van der Waals surface area contributed by atoms with E-state index >= 15 is 0 Å². The highest BCUT2D eigenvalue weighted by Gasteiger charge is 2.20. The van der Waals surface area contributed by atoms with E-state index in [0.717, 1.165) is 0 Å². The van der Waals surface area contributed by atoms with Gasteiger partial charge in [0.25, 0.3) is 0 Å². The van der Waals surface area contributed by atoms with E-state index in [2.05, 4.69) is 5.32 Å². The lowest BCUT2D eigenvalue weighted by atomic mass is 10.0. The molecule has 0 saturated carbocycles. The molecule has 4 rings (SSSR count). The lowest BCUT2D eigenvalue weighted by Gasteiger charge is -2.13. The molecule has 29 heavy (non-hydrogen) atoms. The van der Waals surface area contributed by atoms with E-state index in [9.17, 15) is 9.59 Å². The number of fused-ring (bicyclic) bond motifs is 2. The maximum atomic E-state index is 12.6. The number of methoxy groups -OCH3 is 2. The Morgan fingerprint density at radius 3 is 2.66 bits per heavy atom. The summed E-state index contributed by atoms with van der Waals surface area (Å²) in [5.74, 6) is 1.83. The average molecular weight is 397 g/mol. The Morgan fingerprint density at radius 2 is 1.90 bits per heavy atom. The molecule has 8 nitrogen and oxygen atoms in total. The standard InChI is InChI=1S/C21H19NO7/c1-11-14(9-19(23)22-12-4-5-15-16(6-12)28-10-27-15)21(24)29-18-8-13(25-2)7-17(26-3)20(11)18/h4-8H,9-10H2,1-3H3,(H,22,23). The zero-order valence-electron chi connectivity index (χ0n) is 16.2. The zero-order chi connectivity index (χ0) is 20.5. The Bertz CT molecular complexity index is 1170. The summed E-state index contributed by atoms with van der Waals surface area (Å²) < 4.78 is 26.6. The Labute approximate surface area is 165 Å². The minimum absolute atomic E-state index is 0.145. The fraction of sp³-hybridized carbons (Fsp3) is 0.238. The van der Waals surface area contributed by atoms with Crippen LogP contribution >= 0.6 is 0 Å². The second kappa shape index (κ2) is 7.38. The van der Waals surface area contributed by atoms with Gasteiger partial charge in [-0.25, -0.2) is 4.79 Å². The molecule has 1 aliphatic heterocycles. The van der Waals surface area contributed by atoms with Crippen molar-refractivity contribution in [3.05, 3.63) is 51.9 Å². The number of hydrogen-bond donors (Lipinski definition) is 1. The molecule has 0 bridgehead atoms. The van der Waals surface area contributed by atoms with E-state index in [1.165, 1.54) is 14.2 Å². The maximum absolute atomic E-state index is 12.6. The van der Waals surface area contributed by atoms with Crippen LogP contribution in [-0.2, 0) is 11.2 Å². The summed E-state index contributed by atoms with van der Waals surface area (Å²) in [7, 11) is 3.03. The summed E-state index contributed by atoms with van der Waals surface area (Å²) in [6.07, 6.45) is -0.145. The maximum Gasteiger partial charge on any atom is 0.340 e. The molecule has 0 saturated heterocycles. The molecule has 0 aliphatic carbocycles. The molecule has 0 atom stereocenters. The molecule has 1 aromatic heterocycles. The largest absolute Gasteiger partial charge is 0.496 e. The molecule has 2 heterocycles. The third-order valence-electron chi connectivity index (χ3n) is 4.77. The lowest BCUT2D eigenvalue weighted by Crippen LogP contribution is -2.20. The summed E-state index contributed by atoms with van der Waals surface area (Å²) in [6, 6.07) is 8.40. The van der Waals surface area contributed by atoms with Crippen molar-refractivity contribution in [2.24, 2.45) is 0 Å². The SMILES string of the molecule is COc1cc(OC)c2c(C)c(CC(=O)Nc3ccc4c(c3)OCO4)c(=O)oc2c1. The number of carbonyl (C=O) groups is 1. The fourth-order valence-electron chi connectivity index (χ4n) is 3.31. The molecular weight excluding hydrogens is 378 g/mol. The van der Waals surface area contributed by atoms with E-state index in [1.54, 1.807) is 37.3 Å². The molecule has 1 amide bonds. The van der Waals surface area contributed by atoms with Crippen molar-refractivity contribution >= 4 is 22.6 Å². The molecule has 0 unspecified atom stereocenters. The van der Waals surface area contributed by atoms with Crippen molar-refractivity contribution in [2.45, 2.75) is 13.3 Å². The Balaban J connectivity index is 1.65. The van der Waals surface area contributed by atoms with Crippen LogP contribution in [0.15, 0.2) is 39.5 Å². The van der Waals surface area contributed by atoms with E-state index < -0.39 is 5.63 Å². The van der Waals surface area contributed by atoms with Crippen LogP contribution in [0, 0.1) is 6.92 Å². The van der Waals surface area contributed by atoms with Crippen LogP contribution in [0.1, 0.15) is 11.1 Å². The van der Waals surface area contributed by atoms with Crippen molar-refractivity contribution in [1.82, 2.24) is 0 Å².